The highest BCUT2D eigenvalue weighted by atomic mass is 14.9. The van der Waals surface area contributed by atoms with Gasteiger partial charge < -0.3 is 5.32 Å². The first-order valence-electron chi connectivity index (χ1n) is 5.99. The molecule has 80 valence electrons. The molecule has 3 rings (SSSR count). The largest absolute Gasteiger partial charge is 0.312 e. The molecule has 2 aliphatic rings. The maximum Gasteiger partial charge on any atom is 0.131 e. The fourth-order valence-corrected chi connectivity index (χ4v) is 2.63. The Kier molecular flexibility index (Phi) is 2.41. The number of rotatable bonds is 1. The lowest BCUT2D eigenvalue weighted by Gasteiger charge is -2.17. The molecule has 1 fully saturated rings. The molecule has 0 atom stereocenters. The molecule has 0 aromatic carbocycles. The molecule has 3 heteroatoms. The molecule has 15 heavy (non-hydrogen) atoms. The number of fused-ring (bicyclic) bond motifs is 1. The SMILES string of the molecule is c1nc(C2CCCC2)nc2c1CNCC2. The maximum atomic E-state index is 4.74. The molecule has 1 aliphatic heterocycles. The predicted molar refractivity (Wildman–Crippen MR) is 58.7 cm³/mol. The molecule has 1 aliphatic carbocycles. The van der Waals surface area contributed by atoms with Gasteiger partial charge in [0.2, 0.25) is 0 Å². The summed E-state index contributed by atoms with van der Waals surface area (Å²) in [7, 11) is 0. The Bertz CT molecular complexity index is 356. The van der Waals surface area contributed by atoms with Crippen molar-refractivity contribution in [1.82, 2.24) is 15.3 Å². The second-order valence-corrected chi connectivity index (χ2v) is 4.61. The van der Waals surface area contributed by atoms with Crippen molar-refractivity contribution in [2.75, 3.05) is 6.54 Å². The average molecular weight is 203 g/mol. The molecule has 0 bridgehead atoms. The van der Waals surface area contributed by atoms with Crippen molar-refractivity contribution >= 4 is 0 Å². The third-order valence-corrected chi connectivity index (χ3v) is 3.55. The summed E-state index contributed by atoms with van der Waals surface area (Å²) < 4.78 is 0. The fourth-order valence-electron chi connectivity index (χ4n) is 2.63. The minimum absolute atomic E-state index is 0.644. The molecular formula is C12H17N3. The minimum Gasteiger partial charge on any atom is -0.312 e. The van der Waals surface area contributed by atoms with Crippen molar-refractivity contribution in [3.8, 4) is 0 Å². The van der Waals surface area contributed by atoms with Crippen molar-refractivity contribution in [2.24, 2.45) is 0 Å². The van der Waals surface area contributed by atoms with Gasteiger partial charge in [-0.1, -0.05) is 12.8 Å². The summed E-state index contributed by atoms with van der Waals surface area (Å²) in [6.45, 7) is 2.01. The lowest BCUT2D eigenvalue weighted by molar-refractivity contribution is 0.600. The zero-order valence-corrected chi connectivity index (χ0v) is 9.00. The van der Waals surface area contributed by atoms with E-state index in [1.54, 1.807) is 0 Å². The van der Waals surface area contributed by atoms with E-state index in [-0.39, 0.29) is 0 Å². The van der Waals surface area contributed by atoms with Gasteiger partial charge in [0.25, 0.3) is 0 Å². The normalized spacial score (nSPS) is 21.6. The molecule has 1 N–H and O–H groups in total. The third kappa shape index (κ3) is 1.76. The summed E-state index contributed by atoms with van der Waals surface area (Å²) in [5.74, 6) is 1.75. The minimum atomic E-state index is 0.644. The quantitative estimate of drug-likeness (QED) is 0.756. The van der Waals surface area contributed by atoms with Gasteiger partial charge in [0.1, 0.15) is 5.82 Å². The van der Waals surface area contributed by atoms with E-state index in [4.69, 9.17) is 4.98 Å². The second kappa shape index (κ2) is 3.89. The zero-order valence-electron chi connectivity index (χ0n) is 9.00. The summed E-state index contributed by atoms with van der Waals surface area (Å²) >= 11 is 0. The Morgan fingerprint density at radius 3 is 3.00 bits per heavy atom. The van der Waals surface area contributed by atoms with Gasteiger partial charge in [0.15, 0.2) is 0 Å². The van der Waals surface area contributed by atoms with Crippen LogP contribution in [-0.4, -0.2) is 16.5 Å². The van der Waals surface area contributed by atoms with Gasteiger partial charge in [-0.25, -0.2) is 9.97 Å². The standard InChI is InChI=1S/C12H17N3/c1-2-4-9(3-1)12-14-8-10-7-13-6-5-11(10)15-12/h8-9,13H,1-7H2. The number of nitrogens with zero attached hydrogens (tertiary/aromatic N) is 2. The Balaban J connectivity index is 1.89. The number of nitrogens with one attached hydrogen (secondary N) is 1. The van der Waals surface area contributed by atoms with Crippen LogP contribution in [0.4, 0.5) is 0 Å². The predicted octanol–water partition coefficient (Wildman–Crippen LogP) is 1.78. The van der Waals surface area contributed by atoms with Crippen molar-refractivity contribution in [1.29, 1.82) is 0 Å². The first-order valence-corrected chi connectivity index (χ1v) is 5.99. The van der Waals surface area contributed by atoms with Crippen LogP contribution in [-0.2, 0) is 13.0 Å². The van der Waals surface area contributed by atoms with Gasteiger partial charge in [-0.05, 0) is 12.8 Å². The van der Waals surface area contributed by atoms with E-state index in [1.807, 2.05) is 6.20 Å². The van der Waals surface area contributed by atoms with E-state index < -0.39 is 0 Å². The van der Waals surface area contributed by atoms with Crippen LogP contribution < -0.4 is 5.32 Å². The molecule has 0 amide bonds. The molecule has 0 unspecified atom stereocenters. The van der Waals surface area contributed by atoms with E-state index in [9.17, 15) is 0 Å². The summed E-state index contributed by atoms with van der Waals surface area (Å²) in [5, 5.41) is 3.35. The van der Waals surface area contributed by atoms with Gasteiger partial charge in [0, 0.05) is 42.9 Å². The second-order valence-electron chi connectivity index (χ2n) is 4.61. The number of hydrogen-bond donors (Lipinski definition) is 1. The Morgan fingerprint density at radius 1 is 1.27 bits per heavy atom. The monoisotopic (exact) mass is 203 g/mol. The van der Waals surface area contributed by atoms with Crippen molar-refractivity contribution in [3.63, 3.8) is 0 Å². The van der Waals surface area contributed by atoms with Crippen LogP contribution in [0.25, 0.3) is 0 Å². The Hall–Kier alpha value is -0.960. The lowest BCUT2D eigenvalue weighted by atomic mass is 10.1. The van der Waals surface area contributed by atoms with Gasteiger partial charge >= 0.3 is 0 Å². The molecule has 1 aromatic heterocycles. The molecule has 2 heterocycles. The molecule has 0 spiro atoms. The Morgan fingerprint density at radius 2 is 2.13 bits per heavy atom. The highest BCUT2D eigenvalue weighted by Crippen LogP contribution is 2.32. The molecule has 0 radical (unpaired) electrons. The zero-order chi connectivity index (χ0) is 10.1. The van der Waals surface area contributed by atoms with E-state index in [1.165, 1.54) is 36.9 Å². The van der Waals surface area contributed by atoms with Crippen molar-refractivity contribution in [3.05, 3.63) is 23.3 Å². The van der Waals surface area contributed by atoms with Crippen LogP contribution in [0.3, 0.4) is 0 Å². The van der Waals surface area contributed by atoms with Crippen molar-refractivity contribution in [2.45, 2.75) is 44.6 Å². The molecule has 1 aromatic rings. The number of aromatic nitrogens is 2. The number of hydrogen-bond acceptors (Lipinski definition) is 3. The van der Waals surface area contributed by atoms with Crippen LogP contribution in [0.5, 0.6) is 0 Å². The van der Waals surface area contributed by atoms with E-state index in [0.717, 1.165) is 25.3 Å². The maximum absolute atomic E-state index is 4.74. The van der Waals surface area contributed by atoms with Crippen LogP contribution in [0.15, 0.2) is 6.20 Å². The van der Waals surface area contributed by atoms with Gasteiger partial charge in [0.05, 0.1) is 0 Å². The average Bonchev–Trinajstić information content (AvgIpc) is 2.82. The van der Waals surface area contributed by atoms with Crippen LogP contribution in [0.2, 0.25) is 0 Å². The summed E-state index contributed by atoms with van der Waals surface area (Å²) in [6.07, 6.45) is 8.38. The molecule has 3 nitrogen and oxygen atoms in total. The Labute approximate surface area is 90.3 Å². The smallest absolute Gasteiger partial charge is 0.131 e. The summed E-state index contributed by atoms with van der Waals surface area (Å²) in [4.78, 5) is 9.27. The summed E-state index contributed by atoms with van der Waals surface area (Å²) in [5.41, 5.74) is 2.58. The third-order valence-electron chi connectivity index (χ3n) is 3.55. The van der Waals surface area contributed by atoms with E-state index in [0.29, 0.717) is 5.92 Å². The first kappa shape index (κ1) is 9.28. The lowest BCUT2D eigenvalue weighted by Crippen LogP contribution is -2.25. The van der Waals surface area contributed by atoms with E-state index >= 15 is 0 Å². The highest BCUT2D eigenvalue weighted by Gasteiger charge is 2.21. The van der Waals surface area contributed by atoms with Crippen LogP contribution >= 0.6 is 0 Å². The topological polar surface area (TPSA) is 37.8 Å². The van der Waals surface area contributed by atoms with Gasteiger partial charge in [-0.15, -0.1) is 0 Å². The molecule has 1 saturated carbocycles. The van der Waals surface area contributed by atoms with Crippen molar-refractivity contribution < 1.29 is 0 Å². The fraction of sp³-hybridized carbons (Fsp3) is 0.667. The summed E-state index contributed by atoms with van der Waals surface area (Å²) in [6, 6.07) is 0. The molecular weight excluding hydrogens is 186 g/mol. The highest BCUT2D eigenvalue weighted by molar-refractivity contribution is 5.21. The van der Waals surface area contributed by atoms with Crippen LogP contribution in [0, 0.1) is 0 Å². The van der Waals surface area contributed by atoms with E-state index in [2.05, 4.69) is 10.3 Å². The van der Waals surface area contributed by atoms with Gasteiger partial charge in [-0.3, -0.25) is 0 Å². The molecule has 0 saturated heterocycles. The van der Waals surface area contributed by atoms with Crippen LogP contribution in [0.1, 0.15) is 48.7 Å². The first-order chi connectivity index (χ1) is 7.43. The van der Waals surface area contributed by atoms with Gasteiger partial charge in [-0.2, -0.15) is 0 Å².